The van der Waals surface area contributed by atoms with Crippen LogP contribution in [-0.2, 0) is 11.3 Å². The molecule has 2 aromatic carbocycles. The van der Waals surface area contributed by atoms with Crippen LogP contribution >= 0.6 is 0 Å². The van der Waals surface area contributed by atoms with Gasteiger partial charge in [0.05, 0.1) is 30.7 Å². The number of hydrogen-bond donors (Lipinski definition) is 0. The molecule has 1 amide bonds. The number of carbonyl (C=O) groups is 1. The Kier molecular flexibility index (Phi) is 5.19. The average molecular weight is 379 g/mol. The molecule has 1 saturated heterocycles. The van der Waals surface area contributed by atoms with E-state index in [0.717, 1.165) is 47.7 Å². The van der Waals surface area contributed by atoms with Crippen molar-refractivity contribution in [2.75, 3.05) is 20.3 Å². The summed E-state index contributed by atoms with van der Waals surface area (Å²) in [5.74, 6) is 2.49. The van der Waals surface area contributed by atoms with Gasteiger partial charge < -0.3 is 18.9 Å². The van der Waals surface area contributed by atoms with E-state index in [1.54, 1.807) is 14.0 Å². The lowest BCUT2D eigenvalue weighted by Crippen LogP contribution is -2.30. The average Bonchev–Trinajstić information content (AvgIpc) is 3.33. The van der Waals surface area contributed by atoms with Gasteiger partial charge in [-0.15, -0.1) is 0 Å². The van der Waals surface area contributed by atoms with Crippen LogP contribution in [0.4, 0.5) is 0 Å². The molecule has 2 heterocycles. The number of nitrogens with zero attached hydrogens (tertiary/aromatic N) is 3. The number of rotatable bonds is 6. The van der Waals surface area contributed by atoms with Crippen LogP contribution in [0.25, 0.3) is 11.0 Å². The molecule has 0 radical (unpaired) electrons. The summed E-state index contributed by atoms with van der Waals surface area (Å²) >= 11 is 0. The molecule has 1 atom stereocenters. The summed E-state index contributed by atoms with van der Waals surface area (Å²) in [6, 6.07) is 15.8. The molecular formula is C22H25N3O3. The van der Waals surface area contributed by atoms with E-state index in [2.05, 4.69) is 10.6 Å². The van der Waals surface area contributed by atoms with Crippen LogP contribution in [0.15, 0.2) is 48.5 Å². The Hall–Kier alpha value is -3.02. The third-order valence-corrected chi connectivity index (χ3v) is 5.28. The highest BCUT2D eigenvalue weighted by Crippen LogP contribution is 2.33. The maximum atomic E-state index is 12.1. The number of benzene rings is 2. The number of imidazole rings is 1. The van der Waals surface area contributed by atoms with Gasteiger partial charge in [0.15, 0.2) is 11.5 Å². The minimum absolute atomic E-state index is 0.0242. The van der Waals surface area contributed by atoms with E-state index < -0.39 is 0 Å². The molecule has 28 heavy (non-hydrogen) atoms. The normalized spacial score (nSPS) is 16.5. The van der Waals surface area contributed by atoms with Gasteiger partial charge in [0.25, 0.3) is 0 Å². The molecule has 0 saturated carbocycles. The SMILES string of the molecule is COc1ccccc1OCCn1c([C@@H]2CCCN2C(C)=O)nc2ccccc21. The number of ether oxygens (including phenoxy) is 2. The molecule has 4 rings (SSSR count). The topological polar surface area (TPSA) is 56.6 Å². The quantitative estimate of drug-likeness (QED) is 0.654. The zero-order valence-corrected chi connectivity index (χ0v) is 16.3. The maximum Gasteiger partial charge on any atom is 0.220 e. The second-order valence-corrected chi connectivity index (χ2v) is 6.98. The molecule has 146 valence electrons. The van der Waals surface area contributed by atoms with E-state index >= 15 is 0 Å². The molecule has 1 fully saturated rings. The van der Waals surface area contributed by atoms with Crippen LogP contribution in [0.1, 0.15) is 31.6 Å². The highest BCUT2D eigenvalue weighted by atomic mass is 16.5. The van der Waals surface area contributed by atoms with E-state index in [0.29, 0.717) is 13.2 Å². The molecule has 0 aliphatic carbocycles. The van der Waals surface area contributed by atoms with Crippen LogP contribution in [0.2, 0.25) is 0 Å². The number of carbonyl (C=O) groups excluding carboxylic acids is 1. The van der Waals surface area contributed by atoms with Crippen LogP contribution in [0.3, 0.4) is 0 Å². The number of amides is 1. The van der Waals surface area contributed by atoms with Crippen LogP contribution in [0, 0.1) is 0 Å². The maximum absolute atomic E-state index is 12.1. The Morgan fingerprint density at radius 3 is 2.68 bits per heavy atom. The molecule has 1 aromatic heterocycles. The van der Waals surface area contributed by atoms with E-state index in [4.69, 9.17) is 14.5 Å². The van der Waals surface area contributed by atoms with Gasteiger partial charge in [0, 0.05) is 13.5 Å². The molecule has 1 aliphatic rings. The number of fused-ring (bicyclic) bond motifs is 1. The Labute approximate surface area is 164 Å². The third-order valence-electron chi connectivity index (χ3n) is 5.28. The smallest absolute Gasteiger partial charge is 0.220 e. The predicted molar refractivity (Wildman–Crippen MR) is 108 cm³/mol. The lowest BCUT2D eigenvalue weighted by molar-refractivity contribution is -0.129. The van der Waals surface area contributed by atoms with Gasteiger partial charge in [-0.1, -0.05) is 24.3 Å². The monoisotopic (exact) mass is 379 g/mol. The van der Waals surface area contributed by atoms with Crippen molar-refractivity contribution in [3.05, 3.63) is 54.4 Å². The van der Waals surface area contributed by atoms with Gasteiger partial charge in [-0.25, -0.2) is 4.98 Å². The molecule has 0 N–H and O–H groups in total. The van der Waals surface area contributed by atoms with Crippen molar-refractivity contribution >= 4 is 16.9 Å². The second kappa shape index (κ2) is 7.92. The fraction of sp³-hybridized carbons (Fsp3) is 0.364. The number of para-hydroxylation sites is 4. The van der Waals surface area contributed by atoms with Gasteiger partial charge in [-0.3, -0.25) is 4.79 Å². The van der Waals surface area contributed by atoms with Gasteiger partial charge in [-0.05, 0) is 37.1 Å². The standard InChI is InChI=1S/C22H25N3O3/c1-16(26)24-13-7-10-19(24)22-23-17-8-3-4-9-18(17)25(22)14-15-28-21-12-6-5-11-20(21)27-2/h3-6,8-9,11-12,19H,7,10,13-15H2,1-2H3/t19-/m0/s1. The lowest BCUT2D eigenvalue weighted by atomic mass is 10.2. The fourth-order valence-corrected chi connectivity index (χ4v) is 3.98. The van der Waals surface area contributed by atoms with Crippen LogP contribution in [-0.4, -0.2) is 40.6 Å². The Bertz CT molecular complexity index is 982. The van der Waals surface area contributed by atoms with Gasteiger partial charge >= 0.3 is 0 Å². The third kappa shape index (κ3) is 3.42. The van der Waals surface area contributed by atoms with Gasteiger partial charge in [0.2, 0.25) is 5.91 Å². The van der Waals surface area contributed by atoms with E-state index in [-0.39, 0.29) is 11.9 Å². The predicted octanol–water partition coefficient (Wildman–Crippen LogP) is 3.81. The summed E-state index contributed by atoms with van der Waals surface area (Å²) in [4.78, 5) is 18.9. The van der Waals surface area contributed by atoms with Crippen molar-refractivity contribution in [2.45, 2.75) is 32.4 Å². The van der Waals surface area contributed by atoms with E-state index in [1.165, 1.54) is 0 Å². The van der Waals surface area contributed by atoms with Crippen molar-refractivity contribution in [1.82, 2.24) is 14.5 Å². The summed E-state index contributed by atoms with van der Waals surface area (Å²) in [5.41, 5.74) is 2.02. The van der Waals surface area contributed by atoms with Crippen molar-refractivity contribution in [2.24, 2.45) is 0 Å². The molecule has 3 aromatic rings. The first-order valence-electron chi connectivity index (χ1n) is 9.67. The molecule has 6 nitrogen and oxygen atoms in total. The molecule has 0 spiro atoms. The first-order chi connectivity index (χ1) is 13.7. The minimum atomic E-state index is 0.0242. The van der Waals surface area contributed by atoms with Crippen LogP contribution < -0.4 is 9.47 Å². The summed E-state index contributed by atoms with van der Waals surface area (Å²) in [6.07, 6.45) is 1.95. The Balaban J connectivity index is 1.61. The number of hydrogen-bond acceptors (Lipinski definition) is 4. The van der Waals surface area contributed by atoms with E-state index in [9.17, 15) is 4.79 Å². The summed E-state index contributed by atoms with van der Waals surface area (Å²) in [6.45, 7) is 3.56. The summed E-state index contributed by atoms with van der Waals surface area (Å²) in [5, 5.41) is 0. The molecule has 0 unspecified atom stereocenters. The van der Waals surface area contributed by atoms with Gasteiger partial charge in [0.1, 0.15) is 12.4 Å². The Morgan fingerprint density at radius 1 is 1.14 bits per heavy atom. The number of likely N-dealkylation sites (tertiary alicyclic amines) is 1. The first-order valence-corrected chi connectivity index (χ1v) is 9.67. The largest absolute Gasteiger partial charge is 0.493 e. The summed E-state index contributed by atoms with van der Waals surface area (Å²) < 4.78 is 13.5. The van der Waals surface area contributed by atoms with Crippen molar-refractivity contribution in [3.8, 4) is 11.5 Å². The number of methoxy groups -OCH3 is 1. The van der Waals surface area contributed by atoms with Crippen LogP contribution in [0.5, 0.6) is 11.5 Å². The van der Waals surface area contributed by atoms with Crippen molar-refractivity contribution < 1.29 is 14.3 Å². The molecular weight excluding hydrogens is 354 g/mol. The lowest BCUT2D eigenvalue weighted by Gasteiger charge is -2.24. The highest BCUT2D eigenvalue weighted by molar-refractivity contribution is 5.77. The molecule has 0 bridgehead atoms. The number of aromatic nitrogens is 2. The first kappa shape index (κ1) is 18.3. The summed E-state index contributed by atoms with van der Waals surface area (Å²) in [7, 11) is 1.64. The van der Waals surface area contributed by atoms with E-state index in [1.807, 2.05) is 47.4 Å². The molecule has 1 aliphatic heterocycles. The van der Waals surface area contributed by atoms with Crippen molar-refractivity contribution in [3.63, 3.8) is 0 Å². The van der Waals surface area contributed by atoms with Crippen molar-refractivity contribution in [1.29, 1.82) is 0 Å². The Morgan fingerprint density at radius 2 is 1.89 bits per heavy atom. The fourth-order valence-electron chi connectivity index (χ4n) is 3.98. The zero-order valence-electron chi connectivity index (χ0n) is 16.3. The highest BCUT2D eigenvalue weighted by Gasteiger charge is 2.32. The minimum Gasteiger partial charge on any atom is -0.493 e. The van der Waals surface area contributed by atoms with Gasteiger partial charge in [-0.2, -0.15) is 0 Å². The zero-order chi connectivity index (χ0) is 19.5. The molecule has 6 heteroatoms. The second-order valence-electron chi connectivity index (χ2n) is 6.98.